The highest BCUT2D eigenvalue weighted by atomic mass is 32.1. The molecule has 1 aliphatic rings. The monoisotopic (exact) mass is 402 g/mol. The van der Waals surface area contributed by atoms with E-state index >= 15 is 0 Å². The standard InChI is InChI=1S/C21H26N2O4S/c1-14-4-8-16(9-5-14)23(2)19(24)12-27-21(25)18-13-28-20(22-18)15-6-10-17(26-3)11-7-15/h6-7,10-11,13-14,16H,4-5,8-9,12H2,1-3H3. The van der Waals surface area contributed by atoms with Gasteiger partial charge in [0.05, 0.1) is 7.11 Å². The molecule has 1 heterocycles. The minimum atomic E-state index is -0.574. The number of methoxy groups -OCH3 is 1. The lowest BCUT2D eigenvalue weighted by Crippen LogP contribution is -2.41. The number of nitrogens with zero attached hydrogens (tertiary/aromatic N) is 2. The molecule has 3 rings (SSSR count). The first-order chi connectivity index (χ1) is 13.5. The summed E-state index contributed by atoms with van der Waals surface area (Å²) < 4.78 is 10.3. The Labute approximate surface area is 169 Å². The zero-order valence-electron chi connectivity index (χ0n) is 16.5. The number of ether oxygens (including phenoxy) is 2. The van der Waals surface area contributed by atoms with Gasteiger partial charge in [0.1, 0.15) is 10.8 Å². The molecular weight excluding hydrogens is 376 g/mol. The van der Waals surface area contributed by atoms with Crippen LogP contribution in [0.5, 0.6) is 5.75 Å². The minimum absolute atomic E-state index is 0.168. The van der Waals surface area contributed by atoms with Crippen LogP contribution >= 0.6 is 11.3 Å². The van der Waals surface area contributed by atoms with Crippen molar-refractivity contribution < 1.29 is 19.1 Å². The first-order valence-corrected chi connectivity index (χ1v) is 10.4. The normalized spacial score (nSPS) is 19.1. The lowest BCUT2D eigenvalue weighted by Gasteiger charge is -2.33. The van der Waals surface area contributed by atoms with Crippen molar-refractivity contribution >= 4 is 23.2 Å². The Balaban J connectivity index is 1.53. The largest absolute Gasteiger partial charge is 0.497 e. The van der Waals surface area contributed by atoms with E-state index in [0.29, 0.717) is 0 Å². The molecule has 1 aliphatic carbocycles. The van der Waals surface area contributed by atoms with Crippen LogP contribution in [-0.4, -0.2) is 48.6 Å². The van der Waals surface area contributed by atoms with Gasteiger partial charge in [-0.1, -0.05) is 6.92 Å². The molecule has 0 radical (unpaired) electrons. The molecule has 0 saturated heterocycles. The number of hydrogen-bond donors (Lipinski definition) is 0. The molecule has 0 spiro atoms. The number of hydrogen-bond acceptors (Lipinski definition) is 6. The van der Waals surface area contributed by atoms with Crippen LogP contribution in [0.1, 0.15) is 43.1 Å². The van der Waals surface area contributed by atoms with E-state index in [1.54, 1.807) is 24.4 Å². The van der Waals surface area contributed by atoms with Crippen molar-refractivity contribution in [1.82, 2.24) is 9.88 Å². The summed E-state index contributed by atoms with van der Waals surface area (Å²) in [6.45, 7) is 1.99. The number of thiazole rings is 1. The molecule has 1 amide bonds. The Hall–Kier alpha value is -2.41. The summed E-state index contributed by atoms with van der Waals surface area (Å²) in [5, 5.41) is 2.37. The SMILES string of the molecule is COc1ccc(-c2nc(C(=O)OCC(=O)N(C)C3CCC(C)CC3)cs2)cc1. The van der Waals surface area contributed by atoms with Gasteiger partial charge in [-0.25, -0.2) is 9.78 Å². The van der Waals surface area contributed by atoms with Crippen LogP contribution in [0, 0.1) is 5.92 Å². The van der Waals surface area contributed by atoms with Crippen LogP contribution in [0.15, 0.2) is 29.6 Å². The maximum atomic E-state index is 12.4. The number of carbonyl (C=O) groups is 2. The second-order valence-corrected chi connectivity index (χ2v) is 8.12. The lowest BCUT2D eigenvalue weighted by atomic mass is 9.87. The topological polar surface area (TPSA) is 68.7 Å². The summed E-state index contributed by atoms with van der Waals surface area (Å²) in [6, 6.07) is 7.69. The first-order valence-electron chi connectivity index (χ1n) is 9.50. The van der Waals surface area contributed by atoms with Gasteiger partial charge in [-0.15, -0.1) is 11.3 Å². The zero-order chi connectivity index (χ0) is 20.1. The maximum Gasteiger partial charge on any atom is 0.358 e. The highest BCUT2D eigenvalue weighted by Crippen LogP contribution is 2.27. The fourth-order valence-electron chi connectivity index (χ4n) is 3.37. The van der Waals surface area contributed by atoms with Crippen molar-refractivity contribution in [2.45, 2.75) is 38.6 Å². The highest BCUT2D eigenvalue weighted by molar-refractivity contribution is 7.13. The van der Waals surface area contributed by atoms with Gasteiger partial charge in [0.15, 0.2) is 12.3 Å². The Bertz CT molecular complexity index is 810. The average Bonchev–Trinajstić information content (AvgIpc) is 3.22. The predicted octanol–water partition coefficient (Wildman–Crippen LogP) is 4.01. The summed E-state index contributed by atoms with van der Waals surface area (Å²) in [5.41, 5.74) is 1.12. The van der Waals surface area contributed by atoms with Gasteiger partial charge in [-0.2, -0.15) is 0 Å². The third kappa shape index (κ3) is 4.90. The summed E-state index contributed by atoms with van der Waals surface area (Å²) >= 11 is 1.36. The van der Waals surface area contributed by atoms with Gasteiger partial charge in [-0.3, -0.25) is 4.79 Å². The van der Waals surface area contributed by atoms with Crippen molar-refractivity contribution in [1.29, 1.82) is 0 Å². The number of esters is 1. The van der Waals surface area contributed by atoms with Crippen molar-refractivity contribution in [3.8, 4) is 16.3 Å². The van der Waals surface area contributed by atoms with Gasteiger partial charge in [0.2, 0.25) is 0 Å². The van der Waals surface area contributed by atoms with Crippen LogP contribution in [0.4, 0.5) is 0 Å². The third-order valence-corrected chi connectivity index (χ3v) is 6.19. The molecule has 0 bridgehead atoms. The van der Waals surface area contributed by atoms with Crippen molar-refractivity contribution in [3.63, 3.8) is 0 Å². The quantitative estimate of drug-likeness (QED) is 0.683. The Kier molecular flexibility index (Phi) is 6.67. The van der Waals surface area contributed by atoms with Gasteiger partial charge >= 0.3 is 5.97 Å². The van der Waals surface area contributed by atoms with E-state index in [9.17, 15) is 9.59 Å². The van der Waals surface area contributed by atoms with Crippen LogP contribution in [0.3, 0.4) is 0 Å². The predicted molar refractivity (Wildman–Crippen MR) is 109 cm³/mol. The van der Waals surface area contributed by atoms with Gasteiger partial charge in [-0.05, 0) is 55.9 Å². The molecule has 0 N–H and O–H groups in total. The van der Waals surface area contributed by atoms with Crippen molar-refractivity contribution in [2.75, 3.05) is 20.8 Å². The Morgan fingerprint density at radius 3 is 2.50 bits per heavy atom. The minimum Gasteiger partial charge on any atom is -0.497 e. The van der Waals surface area contributed by atoms with Gasteiger partial charge in [0.25, 0.3) is 5.91 Å². The zero-order valence-corrected chi connectivity index (χ0v) is 17.3. The van der Waals surface area contributed by atoms with Crippen molar-refractivity contribution in [3.05, 3.63) is 35.3 Å². The molecular formula is C21H26N2O4S. The molecule has 2 aromatic rings. The second-order valence-electron chi connectivity index (χ2n) is 7.26. The first kappa shape index (κ1) is 20.3. The molecule has 0 atom stereocenters. The Morgan fingerprint density at radius 2 is 1.86 bits per heavy atom. The summed E-state index contributed by atoms with van der Waals surface area (Å²) in [4.78, 5) is 30.7. The van der Waals surface area contributed by atoms with E-state index in [0.717, 1.165) is 47.9 Å². The highest BCUT2D eigenvalue weighted by Gasteiger charge is 2.25. The molecule has 6 nitrogen and oxygen atoms in total. The number of aromatic nitrogens is 1. The van der Waals surface area contributed by atoms with E-state index in [2.05, 4.69) is 11.9 Å². The molecule has 1 aromatic carbocycles. The number of rotatable bonds is 6. The van der Waals surface area contributed by atoms with E-state index in [1.165, 1.54) is 11.3 Å². The van der Waals surface area contributed by atoms with Gasteiger partial charge < -0.3 is 14.4 Å². The molecule has 28 heavy (non-hydrogen) atoms. The fourth-order valence-corrected chi connectivity index (χ4v) is 4.17. The number of amides is 1. The lowest BCUT2D eigenvalue weighted by molar-refractivity contribution is -0.136. The fraction of sp³-hybridized carbons (Fsp3) is 0.476. The maximum absolute atomic E-state index is 12.4. The number of benzene rings is 1. The smallest absolute Gasteiger partial charge is 0.358 e. The molecule has 1 fully saturated rings. The number of carbonyl (C=O) groups excluding carboxylic acids is 2. The van der Waals surface area contributed by atoms with Crippen LogP contribution < -0.4 is 4.74 Å². The van der Waals surface area contributed by atoms with Crippen molar-refractivity contribution in [2.24, 2.45) is 5.92 Å². The van der Waals surface area contributed by atoms with Crippen LogP contribution in [0.2, 0.25) is 0 Å². The van der Waals surface area contributed by atoms with Crippen LogP contribution in [-0.2, 0) is 9.53 Å². The second kappa shape index (κ2) is 9.19. The van der Waals surface area contributed by atoms with E-state index < -0.39 is 5.97 Å². The molecule has 0 aliphatic heterocycles. The van der Waals surface area contributed by atoms with Crippen LogP contribution in [0.25, 0.3) is 10.6 Å². The van der Waals surface area contributed by atoms with Gasteiger partial charge in [0, 0.05) is 24.0 Å². The van der Waals surface area contributed by atoms with E-state index in [-0.39, 0.29) is 24.2 Å². The van der Waals surface area contributed by atoms with E-state index in [4.69, 9.17) is 9.47 Å². The molecule has 1 aromatic heterocycles. The summed E-state index contributed by atoms with van der Waals surface area (Å²) in [6.07, 6.45) is 4.29. The molecule has 150 valence electrons. The summed E-state index contributed by atoms with van der Waals surface area (Å²) in [7, 11) is 3.40. The number of likely N-dealkylation sites (N-methyl/N-ethyl adjacent to an activating group) is 1. The molecule has 7 heteroatoms. The third-order valence-electron chi connectivity index (χ3n) is 5.30. The summed E-state index contributed by atoms with van der Waals surface area (Å²) in [5.74, 6) is 0.741. The molecule has 0 unspecified atom stereocenters. The van der Waals surface area contributed by atoms with E-state index in [1.807, 2.05) is 24.3 Å². The molecule has 1 saturated carbocycles. The average molecular weight is 403 g/mol. The Morgan fingerprint density at radius 1 is 1.18 bits per heavy atom.